The summed E-state index contributed by atoms with van der Waals surface area (Å²) < 4.78 is 1.99. The van der Waals surface area contributed by atoms with Crippen LogP contribution < -0.4 is 5.32 Å². The van der Waals surface area contributed by atoms with Gasteiger partial charge in [-0.3, -0.25) is 9.20 Å². The van der Waals surface area contributed by atoms with Gasteiger partial charge in [0.05, 0.1) is 17.5 Å². The number of hydrogen-bond acceptors (Lipinski definition) is 3. The molecule has 0 bridgehead atoms. The molecule has 0 atom stereocenters. The summed E-state index contributed by atoms with van der Waals surface area (Å²) in [6, 6.07) is 14.0. The second-order valence-corrected chi connectivity index (χ2v) is 5.97. The molecule has 1 aromatic carbocycles. The number of aromatic nitrogens is 2. The molecule has 0 aliphatic rings. The first-order valence-electron chi connectivity index (χ1n) is 7.10. The third kappa shape index (κ3) is 3.31. The van der Waals surface area contributed by atoms with Crippen LogP contribution in [-0.2, 0) is 11.3 Å². The minimum absolute atomic E-state index is 0.0148. The Hall–Kier alpha value is -2.27. The summed E-state index contributed by atoms with van der Waals surface area (Å²) in [4.78, 5) is 16.3. The average Bonchev–Trinajstić information content (AvgIpc) is 2.95. The van der Waals surface area contributed by atoms with Crippen molar-refractivity contribution in [2.45, 2.75) is 18.6 Å². The van der Waals surface area contributed by atoms with E-state index in [0.29, 0.717) is 12.3 Å². The first-order valence-corrected chi connectivity index (χ1v) is 8.09. The van der Waals surface area contributed by atoms with Crippen molar-refractivity contribution in [2.24, 2.45) is 0 Å². The van der Waals surface area contributed by atoms with Gasteiger partial charge in [0, 0.05) is 12.7 Å². The number of thioether (sulfide) groups is 1. The number of pyridine rings is 1. The van der Waals surface area contributed by atoms with Crippen LogP contribution in [0.1, 0.15) is 11.1 Å². The SMILES string of the molecule is Cc1ccccc1CNC(=O)CSc1ncc2ccccn12. The van der Waals surface area contributed by atoms with Gasteiger partial charge in [-0.15, -0.1) is 0 Å². The Bertz CT molecular complexity index is 797. The van der Waals surface area contributed by atoms with Gasteiger partial charge in [-0.2, -0.15) is 0 Å². The van der Waals surface area contributed by atoms with Crippen LogP contribution in [0, 0.1) is 6.92 Å². The van der Waals surface area contributed by atoms with E-state index in [4.69, 9.17) is 0 Å². The Labute approximate surface area is 133 Å². The molecule has 2 aromatic heterocycles. The van der Waals surface area contributed by atoms with Crippen LogP contribution in [0.4, 0.5) is 0 Å². The number of nitrogens with one attached hydrogen (secondary N) is 1. The van der Waals surface area contributed by atoms with E-state index >= 15 is 0 Å². The molecule has 3 rings (SSSR count). The predicted octanol–water partition coefficient (Wildman–Crippen LogP) is 3.05. The lowest BCUT2D eigenvalue weighted by Gasteiger charge is -2.07. The van der Waals surface area contributed by atoms with Crippen molar-refractivity contribution in [3.63, 3.8) is 0 Å². The van der Waals surface area contributed by atoms with Crippen molar-refractivity contribution in [3.8, 4) is 0 Å². The Morgan fingerprint density at radius 3 is 2.91 bits per heavy atom. The van der Waals surface area contributed by atoms with E-state index in [-0.39, 0.29) is 5.91 Å². The smallest absolute Gasteiger partial charge is 0.230 e. The van der Waals surface area contributed by atoms with Crippen molar-refractivity contribution in [2.75, 3.05) is 5.75 Å². The van der Waals surface area contributed by atoms with E-state index in [1.807, 2.05) is 66.2 Å². The highest BCUT2D eigenvalue weighted by molar-refractivity contribution is 7.99. The monoisotopic (exact) mass is 311 g/mol. The van der Waals surface area contributed by atoms with E-state index < -0.39 is 0 Å². The highest BCUT2D eigenvalue weighted by atomic mass is 32.2. The number of fused-ring (bicyclic) bond motifs is 1. The van der Waals surface area contributed by atoms with Gasteiger partial charge in [0.25, 0.3) is 0 Å². The van der Waals surface area contributed by atoms with Crippen molar-refractivity contribution in [1.82, 2.24) is 14.7 Å². The second-order valence-electron chi connectivity index (χ2n) is 5.03. The maximum atomic E-state index is 12.0. The molecular formula is C17H17N3OS. The Morgan fingerprint density at radius 2 is 2.05 bits per heavy atom. The van der Waals surface area contributed by atoms with Gasteiger partial charge in [-0.25, -0.2) is 4.98 Å². The summed E-state index contributed by atoms with van der Waals surface area (Å²) in [5.41, 5.74) is 3.37. The molecule has 0 saturated carbocycles. The van der Waals surface area contributed by atoms with Crippen molar-refractivity contribution in [3.05, 3.63) is 66.0 Å². The summed E-state index contributed by atoms with van der Waals surface area (Å²) in [5, 5.41) is 3.79. The number of benzene rings is 1. The molecule has 0 fully saturated rings. The fraction of sp³-hybridized carbons (Fsp3) is 0.176. The molecule has 0 aliphatic heterocycles. The Kier molecular flexibility index (Phi) is 4.44. The van der Waals surface area contributed by atoms with Gasteiger partial charge in [0.15, 0.2) is 5.16 Å². The molecule has 1 N–H and O–H groups in total. The summed E-state index contributed by atoms with van der Waals surface area (Å²) in [6.45, 7) is 2.61. The first-order chi connectivity index (χ1) is 10.7. The highest BCUT2D eigenvalue weighted by Crippen LogP contribution is 2.18. The number of carbonyl (C=O) groups is 1. The van der Waals surface area contributed by atoms with Crippen molar-refractivity contribution < 1.29 is 4.79 Å². The number of imidazole rings is 1. The van der Waals surface area contributed by atoms with Gasteiger partial charge in [-0.1, -0.05) is 42.1 Å². The van der Waals surface area contributed by atoms with Crippen molar-refractivity contribution >= 4 is 23.2 Å². The van der Waals surface area contributed by atoms with Crippen LogP contribution in [0.15, 0.2) is 60.0 Å². The summed E-state index contributed by atoms with van der Waals surface area (Å²) >= 11 is 1.44. The van der Waals surface area contributed by atoms with E-state index in [2.05, 4.69) is 10.3 Å². The molecule has 0 radical (unpaired) electrons. The van der Waals surface area contributed by atoms with E-state index in [9.17, 15) is 4.79 Å². The Balaban J connectivity index is 1.55. The predicted molar refractivity (Wildman–Crippen MR) is 88.9 cm³/mol. The fourth-order valence-corrected chi connectivity index (χ4v) is 3.00. The van der Waals surface area contributed by atoms with Crippen LogP contribution in [0.5, 0.6) is 0 Å². The zero-order valence-electron chi connectivity index (χ0n) is 12.3. The number of rotatable bonds is 5. The number of hydrogen-bond donors (Lipinski definition) is 1. The molecule has 0 saturated heterocycles. The molecule has 3 aromatic rings. The molecule has 5 heteroatoms. The summed E-state index contributed by atoms with van der Waals surface area (Å²) in [5.74, 6) is 0.376. The zero-order chi connectivity index (χ0) is 15.4. The van der Waals surface area contributed by atoms with Gasteiger partial charge in [-0.05, 0) is 30.2 Å². The lowest BCUT2D eigenvalue weighted by Crippen LogP contribution is -2.25. The van der Waals surface area contributed by atoms with E-state index in [0.717, 1.165) is 16.2 Å². The largest absolute Gasteiger partial charge is 0.351 e. The molecular weight excluding hydrogens is 294 g/mol. The number of carbonyl (C=O) groups excluding carboxylic acids is 1. The first kappa shape index (κ1) is 14.7. The molecule has 2 heterocycles. The summed E-state index contributed by atoms with van der Waals surface area (Å²) in [6.07, 6.45) is 3.77. The Morgan fingerprint density at radius 1 is 1.23 bits per heavy atom. The quantitative estimate of drug-likeness (QED) is 0.737. The van der Waals surface area contributed by atoms with Crippen LogP contribution >= 0.6 is 11.8 Å². The minimum atomic E-state index is 0.0148. The summed E-state index contributed by atoms with van der Waals surface area (Å²) in [7, 11) is 0. The zero-order valence-corrected chi connectivity index (χ0v) is 13.1. The van der Waals surface area contributed by atoms with Gasteiger partial charge < -0.3 is 5.32 Å². The number of nitrogens with zero attached hydrogens (tertiary/aromatic N) is 2. The number of amides is 1. The number of aryl methyl sites for hydroxylation is 1. The fourth-order valence-electron chi connectivity index (χ4n) is 2.21. The lowest BCUT2D eigenvalue weighted by atomic mass is 10.1. The van der Waals surface area contributed by atoms with E-state index in [1.54, 1.807) is 0 Å². The van der Waals surface area contributed by atoms with Gasteiger partial charge in [0.1, 0.15) is 0 Å². The van der Waals surface area contributed by atoms with Crippen LogP contribution in [-0.4, -0.2) is 21.0 Å². The standard InChI is InChI=1S/C17H17N3OS/c1-13-6-2-3-7-14(13)10-18-16(21)12-22-17-19-11-15-8-4-5-9-20(15)17/h2-9,11H,10,12H2,1H3,(H,18,21). The lowest BCUT2D eigenvalue weighted by molar-refractivity contribution is -0.118. The normalized spacial score (nSPS) is 10.8. The topological polar surface area (TPSA) is 46.4 Å². The van der Waals surface area contributed by atoms with Gasteiger partial charge >= 0.3 is 0 Å². The van der Waals surface area contributed by atoms with Crippen molar-refractivity contribution in [1.29, 1.82) is 0 Å². The molecule has 1 amide bonds. The van der Waals surface area contributed by atoms with Crippen LogP contribution in [0.2, 0.25) is 0 Å². The van der Waals surface area contributed by atoms with E-state index in [1.165, 1.54) is 17.3 Å². The minimum Gasteiger partial charge on any atom is -0.351 e. The molecule has 4 nitrogen and oxygen atoms in total. The van der Waals surface area contributed by atoms with Crippen LogP contribution in [0.3, 0.4) is 0 Å². The molecule has 0 aliphatic carbocycles. The third-order valence-electron chi connectivity index (χ3n) is 3.47. The average molecular weight is 311 g/mol. The highest BCUT2D eigenvalue weighted by Gasteiger charge is 2.08. The molecule has 22 heavy (non-hydrogen) atoms. The maximum Gasteiger partial charge on any atom is 0.230 e. The third-order valence-corrected chi connectivity index (χ3v) is 4.44. The van der Waals surface area contributed by atoms with Crippen LogP contribution in [0.25, 0.3) is 5.52 Å². The molecule has 0 spiro atoms. The molecule has 112 valence electrons. The molecule has 0 unspecified atom stereocenters. The second kappa shape index (κ2) is 6.66. The maximum absolute atomic E-state index is 12.0. The van der Waals surface area contributed by atoms with Gasteiger partial charge in [0.2, 0.25) is 5.91 Å².